The first-order chi connectivity index (χ1) is 13.5. The van der Waals surface area contributed by atoms with Gasteiger partial charge in [-0.1, -0.05) is 26.0 Å². The molecule has 1 saturated heterocycles. The Morgan fingerprint density at radius 3 is 2.66 bits per heavy atom. The first-order valence-corrected chi connectivity index (χ1v) is 9.65. The number of rotatable bonds is 7. The molecule has 3 rings (SSSR count). The third kappa shape index (κ3) is 5.32. The van der Waals surface area contributed by atoms with Crippen LogP contribution in [0, 0.1) is 11.2 Å². The number of para-hydroxylation sites is 1. The Labute approximate surface area is 176 Å². The SMILES string of the molecule is COCC1(CNC(=O)c2nc(C(C)C)n(-c3ccccc3F)n2)CCNCC1.Cl. The summed E-state index contributed by atoms with van der Waals surface area (Å²) < 4.78 is 21.1. The number of aromatic nitrogens is 3. The molecular formula is C20H29ClFN5O2. The van der Waals surface area contributed by atoms with Gasteiger partial charge in [0, 0.05) is 25.0 Å². The molecule has 7 nitrogen and oxygen atoms in total. The normalized spacial score (nSPS) is 15.8. The first kappa shape index (κ1) is 23.3. The molecule has 2 aromatic rings. The standard InChI is InChI=1S/C20H28FN5O2.ClH/c1-14(2)18-24-17(25-26(18)16-7-5-4-6-15(16)21)19(27)23-12-20(13-28-3)8-10-22-11-9-20;/h4-7,14,22H,8-13H2,1-3H3,(H,23,27);1H. The van der Waals surface area contributed by atoms with Crippen LogP contribution in [0.25, 0.3) is 5.69 Å². The van der Waals surface area contributed by atoms with Crippen LogP contribution in [0.1, 0.15) is 49.1 Å². The van der Waals surface area contributed by atoms with E-state index in [-0.39, 0.29) is 41.2 Å². The van der Waals surface area contributed by atoms with E-state index in [4.69, 9.17) is 4.74 Å². The van der Waals surface area contributed by atoms with Crippen molar-refractivity contribution in [3.05, 3.63) is 41.7 Å². The summed E-state index contributed by atoms with van der Waals surface area (Å²) in [7, 11) is 1.68. The van der Waals surface area contributed by atoms with Crippen LogP contribution in [0.5, 0.6) is 0 Å². The van der Waals surface area contributed by atoms with Crippen molar-refractivity contribution in [2.45, 2.75) is 32.6 Å². The van der Waals surface area contributed by atoms with E-state index in [9.17, 15) is 9.18 Å². The predicted molar refractivity (Wildman–Crippen MR) is 111 cm³/mol. The van der Waals surface area contributed by atoms with E-state index in [0.29, 0.717) is 19.0 Å². The number of carbonyl (C=O) groups excluding carboxylic acids is 1. The molecular weight excluding hydrogens is 397 g/mol. The largest absolute Gasteiger partial charge is 0.384 e. The fraction of sp³-hybridized carbons (Fsp3) is 0.550. The van der Waals surface area contributed by atoms with Gasteiger partial charge in [0.2, 0.25) is 5.82 Å². The summed E-state index contributed by atoms with van der Waals surface area (Å²) in [4.78, 5) is 17.1. The zero-order valence-corrected chi connectivity index (χ0v) is 17.9. The second-order valence-electron chi connectivity index (χ2n) is 7.68. The fourth-order valence-corrected chi connectivity index (χ4v) is 3.58. The third-order valence-electron chi connectivity index (χ3n) is 5.17. The summed E-state index contributed by atoms with van der Waals surface area (Å²) in [5.74, 6) is -0.184. The first-order valence-electron chi connectivity index (χ1n) is 9.65. The number of nitrogens with zero attached hydrogens (tertiary/aromatic N) is 3. The van der Waals surface area contributed by atoms with E-state index in [0.717, 1.165) is 25.9 Å². The van der Waals surface area contributed by atoms with Gasteiger partial charge >= 0.3 is 0 Å². The minimum Gasteiger partial charge on any atom is -0.384 e. The highest BCUT2D eigenvalue weighted by Crippen LogP contribution is 2.28. The zero-order chi connectivity index (χ0) is 20.1. The topological polar surface area (TPSA) is 81.1 Å². The highest BCUT2D eigenvalue weighted by Gasteiger charge is 2.33. The maximum atomic E-state index is 14.2. The van der Waals surface area contributed by atoms with E-state index >= 15 is 0 Å². The monoisotopic (exact) mass is 425 g/mol. The number of hydrogen-bond acceptors (Lipinski definition) is 5. The lowest BCUT2D eigenvalue weighted by atomic mass is 9.79. The van der Waals surface area contributed by atoms with Crippen molar-refractivity contribution in [2.24, 2.45) is 5.41 Å². The van der Waals surface area contributed by atoms with Crippen LogP contribution in [0.4, 0.5) is 4.39 Å². The lowest BCUT2D eigenvalue weighted by Crippen LogP contribution is -2.47. The minimum atomic E-state index is -0.407. The highest BCUT2D eigenvalue weighted by molar-refractivity contribution is 5.90. The molecule has 0 spiro atoms. The van der Waals surface area contributed by atoms with E-state index in [2.05, 4.69) is 20.7 Å². The van der Waals surface area contributed by atoms with Crippen molar-refractivity contribution in [2.75, 3.05) is 33.4 Å². The molecule has 1 aliphatic rings. The van der Waals surface area contributed by atoms with Crippen LogP contribution in [0.3, 0.4) is 0 Å². The number of hydrogen-bond donors (Lipinski definition) is 2. The van der Waals surface area contributed by atoms with Crippen molar-refractivity contribution < 1.29 is 13.9 Å². The second-order valence-corrected chi connectivity index (χ2v) is 7.68. The van der Waals surface area contributed by atoms with Gasteiger partial charge in [-0.25, -0.2) is 14.1 Å². The molecule has 0 saturated carbocycles. The predicted octanol–water partition coefficient (Wildman–Crippen LogP) is 2.70. The number of halogens is 2. The molecule has 1 aliphatic heterocycles. The van der Waals surface area contributed by atoms with E-state index < -0.39 is 5.82 Å². The molecule has 160 valence electrons. The summed E-state index contributed by atoms with van der Waals surface area (Å²) in [5, 5.41) is 10.6. The second kappa shape index (κ2) is 10.1. The maximum Gasteiger partial charge on any atom is 0.291 e. The van der Waals surface area contributed by atoms with Crippen LogP contribution in [0.15, 0.2) is 24.3 Å². The molecule has 29 heavy (non-hydrogen) atoms. The number of carbonyl (C=O) groups is 1. The highest BCUT2D eigenvalue weighted by atomic mass is 35.5. The number of benzene rings is 1. The summed E-state index contributed by atoms with van der Waals surface area (Å²) in [6.45, 7) is 6.75. The van der Waals surface area contributed by atoms with E-state index in [1.807, 2.05) is 13.8 Å². The fourth-order valence-electron chi connectivity index (χ4n) is 3.58. The van der Waals surface area contributed by atoms with Crippen molar-refractivity contribution in [3.8, 4) is 5.69 Å². The van der Waals surface area contributed by atoms with Gasteiger partial charge in [-0.15, -0.1) is 17.5 Å². The van der Waals surface area contributed by atoms with Crippen molar-refractivity contribution >= 4 is 18.3 Å². The van der Waals surface area contributed by atoms with E-state index in [1.54, 1.807) is 25.3 Å². The van der Waals surface area contributed by atoms with Gasteiger partial charge in [0.15, 0.2) is 0 Å². The zero-order valence-electron chi connectivity index (χ0n) is 17.1. The average molecular weight is 426 g/mol. The van der Waals surface area contributed by atoms with Crippen LogP contribution in [0.2, 0.25) is 0 Å². The molecule has 0 atom stereocenters. The molecule has 0 bridgehead atoms. The Hall–Kier alpha value is -2.03. The third-order valence-corrected chi connectivity index (χ3v) is 5.17. The minimum absolute atomic E-state index is 0. The molecule has 9 heteroatoms. The summed E-state index contributed by atoms with van der Waals surface area (Å²) in [6, 6.07) is 6.34. The van der Waals surface area contributed by atoms with Crippen LogP contribution >= 0.6 is 12.4 Å². The van der Waals surface area contributed by atoms with Crippen LogP contribution in [-0.2, 0) is 4.74 Å². The quantitative estimate of drug-likeness (QED) is 0.712. The van der Waals surface area contributed by atoms with Gasteiger partial charge in [-0.3, -0.25) is 4.79 Å². The lowest BCUT2D eigenvalue weighted by Gasteiger charge is -2.37. The Morgan fingerprint density at radius 2 is 2.03 bits per heavy atom. The molecule has 1 amide bonds. The molecule has 0 aliphatic carbocycles. The van der Waals surface area contributed by atoms with Crippen LogP contribution < -0.4 is 10.6 Å². The van der Waals surface area contributed by atoms with Crippen molar-refractivity contribution in [1.29, 1.82) is 0 Å². The lowest BCUT2D eigenvalue weighted by molar-refractivity contribution is 0.0509. The number of piperidine rings is 1. The Kier molecular flexibility index (Phi) is 8.13. The Bertz CT molecular complexity index is 815. The van der Waals surface area contributed by atoms with Gasteiger partial charge in [0.1, 0.15) is 17.3 Å². The summed E-state index contributed by atoms with van der Waals surface area (Å²) in [6.07, 6.45) is 1.85. The molecule has 1 fully saturated rings. The van der Waals surface area contributed by atoms with Crippen LogP contribution in [-0.4, -0.2) is 54.0 Å². The van der Waals surface area contributed by atoms with Crippen molar-refractivity contribution in [3.63, 3.8) is 0 Å². The smallest absolute Gasteiger partial charge is 0.291 e. The van der Waals surface area contributed by atoms with Crippen molar-refractivity contribution in [1.82, 2.24) is 25.4 Å². The molecule has 1 aromatic carbocycles. The summed E-state index contributed by atoms with van der Waals surface area (Å²) >= 11 is 0. The van der Waals surface area contributed by atoms with Gasteiger partial charge in [-0.2, -0.15) is 0 Å². The molecule has 2 N–H and O–H groups in total. The van der Waals surface area contributed by atoms with E-state index in [1.165, 1.54) is 10.7 Å². The van der Waals surface area contributed by atoms with Gasteiger partial charge in [-0.05, 0) is 38.1 Å². The number of methoxy groups -OCH3 is 1. The Morgan fingerprint density at radius 1 is 1.34 bits per heavy atom. The molecule has 0 radical (unpaired) electrons. The molecule has 2 heterocycles. The Balaban J connectivity index is 0.00000300. The number of amides is 1. The maximum absolute atomic E-state index is 14.2. The average Bonchev–Trinajstić information content (AvgIpc) is 3.13. The van der Waals surface area contributed by atoms with Gasteiger partial charge < -0.3 is 15.4 Å². The number of nitrogens with one attached hydrogen (secondary N) is 2. The molecule has 1 aromatic heterocycles. The van der Waals surface area contributed by atoms with Gasteiger partial charge in [0.05, 0.1) is 6.61 Å². The van der Waals surface area contributed by atoms with Gasteiger partial charge in [0.25, 0.3) is 5.91 Å². The molecule has 0 unspecified atom stereocenters. The summed E-state index contributed by atoms with van der Waals surface area (Å²) in [5.41, 5.74) is 0.192. The number of ether oxygens (including phenoxy) is 1.